The Morgan fingerprint density at radius 1 is 1.29 bits per heavy atom. The van der Waals surface area contributed by atoms with Crippen LogP contribution in [0.2, 0.25) is 5.02 Å². The highest BCUT2D eigenvalue weighted by Gasteiger charge is 2.44. The minimum Gasteiger partial charge on any atom is -0.367 e. The number of alkyl halides is 4. The van der Waals surface area contributed by atoms with Crippen LogP contribution in [-0.2, 0) is 6.18 Å². The number of nitrogens with two attached hydrogens (primary N) is 1. The highest BCUT2D eigenvalue weighted by Crippen LogP contribution is 2.45. The summed E-state index contributed by atoms with van der Waals surface area (Å²) in [7, 11) is 0. The van der Waals surface area contributed by atoms with Crippen LogP contribution >= 0.6 is 11.6 Å². The monoisotopic (exact) mass is 324 g/mol. The van der Waals surface area contributed by atoms with Gasteiger partial charge in [0.05, 0.1) is 22.5 Å². The number of hydrogen-bond donors (Lipinski definition) is 1. The van der Waals surface area contributed by atoms with E-state index in [-0.39, 0.29) is 17.2 Å². The second-order valence-electron chi connectivity index (χ2n) is 5.27. The lowest BCUT2D eigenvalue weighted by Gasteiger charge is -2.24. The summed E-state index contributed by atoms with van der Waals surface area (Å²) < 4.78 is 55.0. The van der Waals surface area contributed by atoms with Crippen LogP contribution in [0.1, 0.15) is 37.9 Å². The van der Waals surface area contributed by atoms with E-state index in [1.54, 1.807) is 0 Å². The zero-order chi connectivity index (χ0) is 16.2. The molecule has 1 unspecified atom stereocenters. The predicted molar refractivity (Wildman–Crippen MR) is 71.0 cm³/mol. The van der Waals surface area contributed by atoms with E-state index >= 15 is 0 Å². The van der Waals surface area contributed by atoms with Gasteiger partial charge in [0.2, 0.25) is 5.95 Å². The average molecular weight is 325 g/mol. The lowest BCUT2D eigenvalue weighted by molar-refractivity contribution is -0.138. The van der Waals surface area contributed by atoms with Crippen LogP contribution in [0.15, 0.2) is 6.20 Å². The minimum absolute atomic E-state index is 0.0655. The third kappa shape index (κ3) is 2.64. The largest absolute Gasteiger partial charge is 0.419 e. The summed E-state index contributed by atoms with van der Waals surface area (Å²) in [4.78, 5) is 3.63. The molecule has 0 radical (unpaired) electrons. The van der Waals surface area contributed by atoms with Gasteiger partial charge >= 0.3 is 6.18 Å². The van der Waals surface area contributed by atoms with Gasteiger partial charge in [-0.2, -0.15) is 13.2 Å². The van der Waals surface area contributed by atoms with Gasteiger partial charge in [0.15, 0.2) is 0 Å². The average Bonchev–Trinajstić information content (AvgIpc) is 2.59. The SMILES string of the molecule is CC(c1c(C(F)(F)F)c(Cl)c2cnc(N)nn12)C(C)(C)F. The summed E-state index contributed by atoms with van der Waals surface area (Å²) in [5.41, 5.74) is 1.96. The van der Waals surface area contributed by atoms with Gasteiger partial charge < -0.3 is 5.73 Å². The molecule has 0 aliphatic rings. The van der Waals surface area contributed by atoms with Gasteiger partial charge in [-0.1, -0.05) is 18.5 Å². The molecular formula is C12H13ClF4N4. The van der Waals surface area contributed by atoms with E-state index in [0.29, 0.717) is 0 Å². The van der Waals surface area contributed by atoms with E-state index in [1.165, 1.54) is 20.8 Å². The van der Waals surface area contributed by atoms with Crippen molar-refractivity contribution in [2.24, 2.45) is 0 Å². The number of aromatic nitrogens is 3. The summed E-state index contributed by atoms with van der Waals surface area (Å²) in [5.74, 6) is -1.34. The Labute approximate surface area is 122 Å². The first-order chi connectivity index (χ1) is 9.44. The first kappa shape index (κ1) is 15.8. The maximum absolute atomic E-state index is 14.2. The van der Waals surface area contributed by atoms with E-state index in [1.807, 2.05) is 0 Å². The Morgan fingerprint density at radius 2 is 1.86 bits per heavy atom. The predicted octanol–water partition coefficient (Wildman–Crippen LogP) is 3.84. The smallest absolute Gasteiger partial charge is 0.367 e. The second kappa shape index (κ2) is 4.72. The van der Waals surface area contributed by atoms with Crippen LogP contribution in [0, 0.1) is 0 Å². The van der Waals surface area contributed by atoms with Crippen LogP contribution in [-0.4, -0.2) is 20.3 Å². The molecule has 2 aromatic rings. The van der Waals surface area contributed by atoms with E-state index in [0.717, 1.165) is 10.7 Å². The molecule has 0 spiro atoms. The quantitative estimate of drug-likeness (QED) is 0.854. The number of nitrogen functional groups attached to an aromatic ring is 1. The molecule has 1 atom stereocenters. The first-order valence-electron chi connectivity index (χ1n) is 6.03. The highest BCUT2D eigenvalue weighted by atomic mass is 35.5. The Morgan fingerprint density at radius 3 is 2.33 bits per heavy atom. The fourth-order valence-electron chi connectivity index (χ4n) is 2.04. The molecule has 0 saturated carbocycles. The van der Waals surface area contributed by atoms with Crippen LogP contribution in [0.3, 0.4) is 0 Å². The molecule has 0 aliphatic carbocycles. The molecule has 0 fully saturated rings. The summed E-state index contributed by atoms with van der Waals surface area (Å²) >= 11 is 5.81. The van der Waals surface area contributed by atoms with Gasteiger partial charge in [-0.05, 0) is 13.8 Å². The number of hydrogen-bond acceptors (Lipinski definition) is 3. The zero-order valence-corrected chi connectivity index (χ0v) is 12.2. The van der Waals surface area contributed by atoms with Crippen LogP contribution in [0.5, 0.6) is 0 Å². The molecular weight excluding hydrogens is 312 g/mol. The number of halogens is 5. The third-order valence-corrected chi connectivity index (χ3v) is 3.78. The topological polar surface area (TPSA) is 56.2 Å². The fourth-order valence-corrected chi connectivity index (χ4v) is 2.37. The standard InChI is InChI=1S/C12H13ClF4N4/c1-5(11(2,3)14)9-7(12(15,16)17)8(13)6-4-19-10(18)20-21(6)9/h4-5H,1-3H3,(H2,18,20). The van der Waals surface area contributed by atoms with E-state index in [4.69, 9.17) is 17.3 Å². The zero-order valence-electron chi connectivity index (χ0n) is 11.5. The lowest BCUT2D eigenvalue weighted by Crippen LogP contribution is -2.25. The van der Waals surface area contributed by atoms with Gasteiger partial charge in [0, 0.05) is 5.92 Å². The van der Waals surface area contributed by atoms with Crippen molar-refractivity contribution in [3.8, 4) is 0 Å². The molecule has 0 aliphatic heterocycles. The summed E-state index contributed by atoms with van der Waals surface area (Å²) in [6.07, 6.45) is -3.66. The van der Waals surface area contributed by atoms with Crippen molar-refractivity contribution in [2.45, 2.75) is 38.5 Å². The van der Waals surface area contributed by atoms with Crippen LogP contribution < -0.4 is 5.73 Å². The van der Waals surface area contributed by atoms with Crippen molar-refractivity contribution >= 4 is 23.1 Å². The summed E-state index contributed by atoms with van der Waals surface area (Å²) in [5, 5.41) is 3.18. The highest BCUT2D eigenvalue weighted by molar-refractivity contribution is 6.35. The molecule has 2 N–H and O–H groups in total. The van der Waals surface area contributed by atoms with Crippen molar-refractivity contribution in [3.05, 3.63) is 22.5 Å². The summed E-state index contributed by atoms with van der Waals surface area (Å²) in [6.45, 7) is 3.72. The Bertz CT molecular complexity index is 687. The van der Waals surface area contributed by atoms with Gasteiger partial charge in [-0.25, -0.2) is 13.9 Å². The molecule has 0 bridgehead atoms. The Balaban J connectivity index is 2.91. The first-order valence-corrected chi connectivity index (χ1v) is 6.41. The molecule has 116 valence electrons. The normalized spacial score (nSPS) is 14.7. The maximum atomic E-state index is 14.2. The minimum atomic E-state index is -4.74. The molecule has 0 amide bonds. The molecule has 9 heteroatoms. The van der Waals surface area contributed by atoms with Crippen molar-refractivity contribution in [1.82, 2.24) is 14.6 Å². The lowest BCUT2D eigenvalue weighted by atomic mass is 9.89. The van der Waals surface area contributed by atoms with E-state index in [2.05, 4.69) is 10.1 Å². The number of fused-ring (bicyclic) bond motifs is 1. The van der Waals surface area contributed by atoms with Crippen LogP contribution in [0.25, 0.3) is 5.52 Å². The van der Waals surface area contributed by atoms with Crippen molar-refractivity contribution in [3.63, 3.8) is 0 Å². The van der Waals surface area contributed by atoms with Crippen LogP contribution in [0.4, 0.5) is 23.5 Å². The summed E-state index contributed by atoms with van der Waals surface area (Å²) in [6, 6.07) is 0. The Hall–Kier alpha value is -1.57. The molecule has 0 aromatic carbocycles. The number of nitrogens with zero attached hydrogens (tertiary/aromatic N) is 3. The molecule has 2 rings (SSSR count). The van der Waals surface area contributed by atoms with Crippen molar-refractivity contribution < 1.29 is 17.6 Å². The maximum Gasteiger partial charge on any atom is 0.419 e. The second-order valence-corrected chi connectivity index (χ2v) is 5.65. The number of anilines is 1. The molecule has 2 aromatic heterocycles. The van der Waals surface area contributed by atoms with Gasteiger partial charge in [0.1, 0.15) is 11.2 Å². The van der Waals surface area contributed by atoms with Crippen molar-refractivity contribution in [1.29, 1.82) is 0 Å². The third-order valence-electron chi connectivity index (χ3n) is 3.40. The molecule has 21 heavy (non-hydrogen) atoms. The van der Waals surface area contributed by atoms with Crippen molar-refractivity contribution in [2.75, 3.05) is 5.73 Å². The molecule has 4 nitrogen and oxygen atoms in total. The van der Waals surface area contributed by atoms with Gasteiger partial charge in [-0.15, -0.1) is 5.10 Å². The van der Waals surface area contributed by atoms with E-state index in [9.17, 15) is 17.6 Å². The van der Waals surface area contributed by atoms with Gasteiger partial charge in [0.25, 0.3) is 0 Å². The molecule has 2 heterocycles. The van der Waals surface area contributed by atoms with Gasteiger partial charge in [-0.3, -0.25) is 0 Å². The number of rotatable bonds is 2. The van der Waals surface area contributed by atoms with E-state index < -0.39 is 28.3 Å². The fraction of sp³-hybridized carbons (Fsp3) is 0.500. The molecule has 0 saturated heterocycles. The Kier molecular flexibility index (Phi) is 3.56.